The van der Waals surface area contributed by atoms with Gasteiger partial charge in [-0.1, -0.05) is 213 Å². The topological polar surface area (TPSA) is 43.4 Å². The minimum absolute atomic E-state index is 0.322. The van der Waals surface area contributed by atoms with E-state index in [-0.39, 0.29) is 11.9 Å². The van der Waals surface area contributed by atoms with Crippen LogP contribution in [0.5, 0.6) is 0 Å². The molecule has 0 aliphatic heterocycles. The SMILES string of the molecule is CCCCCCCCCCCCCCCCCCCCCCC(=O)OC(=O)CCCCCCCCCCCCCCC. The van der Waals surface area contributed by atoms with Crippen molar-refractivity contribution in [1.29, 1.82) is 0 Å². The van der Waals surface area contributed by atoms with Gasteiger partial charge in [-0.05, 0) is 12.8 Å². The van der Waals surface area contributed by atoms with E-state index in [9.17, 15) is 9.59 Å². The molecule has 0 fully saturated rings. The van der Waals surface area contributed by atoms with Crippen LogP contribution in [0, 0.1) is 0 Å². The third kappa shape index (κ3) is 35.3. The van der Waals surface area contributed by atoms with Gasteiger partial charge >= 0.3 is 11.9 Å². The molecule has 0 aromatic carbocycles. The summed E-state index contributed by atoms with van der Waals surface area (Å²) < 4.78 is 5.02. The Morgan fingerprint density at radius 3 is 0.643 bits per heavy atom. The van der Waals surface area contributed by atoms with Gasteiger partial charge in [-0.15, -0.1) is 0 Å². The number of ether oxygens (including phenoxy) is 1. The minimum atomic E-state index is -0.323. The predicted octanol–water partition coefficient (Wildman–Crippen LogP) is 13.7. The van der Waals surface area contributed by atoms with Crippen molar-refractivity contribution in [3.63, 3.8) is 0 Å². The fraction of sp³-hybridized carbons (Fsp3) is 0.949. The van der Waals surface area contributed by atoms with Gasteiger partial charge in [-0.25, -0.2) is 0 Å². The highest BCUT2D eigenvalue weighted by Gasteiger charge is 2.10. The molecule has 0 aliphatic rings. The Morgan fingerprint density at radius 2 is 0.452 bits per heavy atom. The lowest BCUT2D eigenvalue weighted by Gasteiger charge is -2.05. The molecule has 0 saturated heterocycles. The molecule has 0 atom stereocenters. The third-order valence-corrected chi connectivity index (χ3v) is 8.95. The van der Waals surface area contributed by atoms with Crippen LogP contribution in [0.15, 0.2) is 0 Å². The molecule has 0 amide bonds. The summed E-state index contributed by atoms with van der Waals surface area (Å²) >= 11 is 0. The Kier molecular flexibility index (Phi) is 35.6. The maximum Gasteiger partial charge on any atom is 0.313 e. The second-order valence-corrected chi connectivity index (χ2v) is 13.3. The van der Waals surface area contributed by atoms with E-state index < -0.39 is 0 Å². The monoisotopic (exact) mass is 593 g/mol. The van der Waals surface area contributed by atoms with Gasteiger partial charge in [0.1, 0.15) is 0 Å². The highest BCUT2D eigenvalue weighted by atomic mass is 16.6. The van der Waals surface area contributed by atoms with E-state index in [0.29, 0.717) is 12.8 Å². The number of hydrogen-bond donors (Lipinski definition) is 0. The summed E-state index contributed by atoms with van der Waals surface area (Å²) in [5.74, 6) is -0.645. The largest absolute Gasteiger partial charge is 0.393 e. The molecule has 42 heavy (non-hydrogen) atoms. The summed E-state index contributed by atoms with van der Waals surface area (Å²) in [7, 11) is 0. The van der Waals surface area contributed by atoms with Crippen molar-refractivity contribution in [1.82, 2.24) is 0 Å². The Morgan fingerprint density at radius 1 is 0.286 bits per heavy atom. The predicted molar refractivity (Wildman–Crippen MR) is 184 cm³/mol. The molecule has 0 saturated carbocycles. The van der Waals surface area contributed by atoms with E-state index >= 15 is 0 Å². The van der Waals surface area contributed by atoms with Crippen molar-refractivity contribution in [2.75, 3.05) is 0 Å². The summed E-state index contributed by atoms with van der Waals surface area (Å²) in [6.45, 7) is 4.56. The molecule has 3 nitrogen and oxygen atoms in total. The molecule has 0 rings (SSSR count). The van der Waals surface area contributed by atoms with Gasteiger partial charge in [0.2, 0.25) is 0 Å². The second-order valence-electron chi connectivity index (χ2n) is 13.3. The lowest BCUT2D eigenvalue weighted by atomic mass is 10.0. The van der Waals surface area contributed by atoms with Gasteiger partial charge in [0.25, 0.3) is 0 Å². The number of unbranched alkanes of at least 4 members (excludes halogenated alkanes) is 31. The lowest BCUT2D eigenvalue weighted by Crippen LogP contribution is -2.11. The number of carbonyl (C=O) groups excluding carboxylic acids is 2. The summed E-state index contributed by atoms with van der Waals surface area (Å²) in [4.78, 5) is 23.9. The van der Waals surface area contributed by atoms with Crippen LogP contribution in [0.3, 0.4) is 0 Å². The third-order valence-electron chi connectivity index (χ3n) is 8.95. The van der Waals surface area contributed by atoms with Crippen LogP contribution < -0.4 is 0 Å². The first-order valence-electron chi connectivity index (χ1n) is 19.4. The number of esters is 2. The molecule has 0 unspecified atom stereocenters. The molecule has 0 heterocycles. The zero-order valence-electron chi connectivity index (χ0n) is 29.0. The van der Waals surface area contributed by atoms with Crippen molar-refractivity contribution in [3.05, 3.63) is 0 Å². The van der Waals surface area contributed by atoms with Gasteiger partial charge < -0.3 is 4.74 Å². The Bertz CT molecular complexity index is 544. The van der Waals surface area contributed by atoms with Crippen LogP contribution in [-0.2, 0) is 14.3 Å². The maximum atomic E-state index is 11.9. The van der Waals surface area contributed by atoms with Gasteiger partial charge in [0, 0.05) is 12.8 Å². The van der Waals surface area contributed by atoms with Gasteiger partial charge in [-0.2, -0.15) is 0 Å². The molecule has 0 bridgehead atoms. The Labute approximate surface area is 264 Å². The number of rotatable bonds is 35. The number of hydrogen-bond acceptors (Lipinski definition) is 3. The second kappa shape index (κ2) is 36.3. The zero-order valence-corrected chi connectivity index (χ0v) is 29.0. The molecule has 0 aliphatic carbocycles. The first kappa shape index (κ1) is 41.1. The van der Waals surface area contributed by atoms with E-state index in [1.54, 1.807) is 0 Å². The first-order valence-corrected chi connectivity index (χ1v) is 19.4. The van der Waals surface area contributed by atoms with Crippen molar-refractivity contribution < 1.29 is 14.3 Å². The molecule has 0 aromatic rings. The fourth-order valence-electron chi connectivity index (χ4n) is 6.04. The molecular formula is C39H76O3. The minimum Gasteiger partial charge on any atom is -0.393 e. The molecule has 250 valence electrons. The summed E-state index contributed by atoms with van der Waals surface area (Å²) in [6, 6.07) is 0. The molecule has 0 radical (unpaired) electrons. The van der Waals surface area contributed by atoms with Gasteiger partial charge in [0.15, 0.2) is 0 Å². The average Bonchev–Trinajstić information content (AvgIpc) is 2.98. The fourth-order valence-corrected chi connectivity index (χ4v) is 6.04. The molecular weight excluding hydrogens is 516 g/mol. The van der Waals surface area contributed by atoms with Crippen LogP contribution in [0.2, 0.25) is 0 Å². The maximum absolute atomic E-state index is 11.9. The highest BCUT2D eigenvalue weighted by molar-refractivity contribution is 5.85. The first-order chi connectivity index (χ1) is 20.7. The summed E-state index contributed by atoms with van der Waals surface area (Å²) in [6.07, 6.45) is 44.5. The van der Waals surface area contributed by atoms with Crippen molar-refractivity contribution in [2.24, 2.45) is 0 Å². The summed E-state index contributed by atoms with van der Waals surface area (Å²) in [5.41, 5.74) is 0. The Hall–Kier alpha value is -0.860. The van der Waals surface area contributed by atoms with E-state index in [0.717, 1.165) is 25.7 Å². The van der Waals surface area contributed by atoms with Crippen LogP contribution >= 0.6 is 0 Å². The van der Waals surface area contributed by atoms with Crippen LogP contribution in [-0.4, -0.2) is 11.9 Å². The van der Waals surface area contributed by atoms with E-state index in [1.165, 1.54) is 186 Å². The Balaban J connectivity index is 3.25. The molecule has 0 N–H and O–H groups in total. The normalized spacial score (nSPS) is 11.3. The molecule has 0 spiro atoms. The van der Waals surface area contributed by atoms with Crippen LogP contribution in [0.25, 0.3) is 0 Å². The van der Waals surface area contributed by atoms with Crippen LogP contribution in [0.4, 0.5) is 0 Å². The smallest absolute Gasteiger partial charge is 0.313 e. The zero-order chi connectivity index (χ0) is 30.6. The number of carbonyl (C=O) groups is 2. The van der Waals surface area contributed by atoms with Crippen LogP contribution in [0.1, 0.15) is 239 Å². The average molecular weight is 593 g/mol. The molecule has 3 heteroatoms. The van der Waals surface area contributed by atoms with E-state index in [4.69, 9.17) is 4.74 Å². The van der Waals surface area contributed by atoms with Crippen molar-refractivity contribution in [2.45, 2.75) is 239 Å². The standard InChI is InChI=1S/C39H76O3/c1-3-5-7-9-11-13-15-17-18-19-20-21-22-23-25-27-29-31-33-35-37-39(41)42-38(40)36-34-32-30-28-26-24-16-14-12-10-8-6-4-2/h3-37H2,1-2H3. The quantitative estimate of drug-likeness (QED) is 0.0417. The van der Waals surface area contributed by atoms with Gasteiger partial charge in [-0.3, -0.25) is 9.59 Å². The van der Waals surface area contributed by atoms with Crippen molar-refractivity contribution >= 4 is 11.9 Å². The molecule has 0 aromatic heterocycles. The van der Waals surface area contributed by atoms with Gasteiger partial charge in [0.05, 0.1) is 0 Å². The highest BCUT2D eigenvalue weighted by Crippen LogP contribution is 2.16. The lowest BCUT2D eigenvalue weighted by molar-refractivity contribution is -0.159. The summed E-state index contributed by atoms with van der Waals surface area (Å²) in [5, 5.41) is 0. The van der Waals surface area contributed by atoms with Crippen molar-refractivity contribution in [3.8, 4) is 0 Å². The van der Waals surface area contributed by atoms with E-state index in [2.05, 4.69) is 13.8 Å². The van der Waals surface area contributed by atoms with E-state index in [1.807, 2.05) is 0 Å².